The summed E-state index contributed by atoms with van der Waals surface area (Å²) < 4.78 is 73.1. The Bertz CT molecular complexity index is 3390. The number of benzene rings is 7. The molecule has 1 N–H and O–H groups in total. The molecule has 10 nitrogen and oxygen atoms in total. The highest BCUT2D eigenvalue weighted by Gasteiger charge is 2.56. The molecule has 3 unspecified atom stereocenters. The minimum atomic E-state index is -2.82. The third-order valence-electron chi connectivity index (χ3n) is 21.0. The molecule has 2 aliphatic heterocycles. The fourth-order valence-corrected chi connectivity index (χ4v) is 22.9. The lowest BCUT2D eigenvalue weighted by Gasteiger charge is -2.53. The fourth-order valence-electron chi connectivity index (χ4n) is 14.2. The Labute approximate surface area is 579 Å². The molecule has 0 aromatic heterocycles. The molecule has 15 atom stereocenters. The first-order chi connectivity index (χ1) is 45.4. The predicted molar refractivity (Wildman–Crippen MR) is 398 cm³/mol. The lowest BCUT2D eigenvalue weighted by molar-refractivity contribution is -0.224. The summed E-state index contributed by atoms with van der Waals surface area (Å²) in [5.74, 6) is -0.390. The van der Waals surface area contributed by atoms with Gasteiger partial charge in [0.25, 0.3) is 8.32 Å². The zero-order valence-corrected chi connectivity index (χ0v) is 62.8. The summed E-state index contributed by atoms with van der Waals surface area (Å²) in [6.07, 6.45) is 1.53. The lowest BCUT2D eigenvalue weighted by Crippen LogP contribution is -2.66. The van der Waals surface area contributed by atoms with Gasteiger partial charge in [-0.15, -0.1) is 11.8 Å². The van der Waals surface area contributed by atoms with Crippen LogP contribution >= 0.6 is 11.8 Å². The third kappa shape index (κ3) is 18.6. The number of hydrogen-bond acceptors (Lipinski definition) is 11. The molecule has 2 fully saturated rings. The van der Waals surface area contributed by atoms with Gasteiger partial charge >= 0.3 is 0 Å². The van der Waals surface area contributed by atoms with E-state index in [1.807, 2.05) is 60.9 Å². The minimum absolute atomic E-state index is 0.0344. The van der Waals surface area contributed by atoms with Gasteiger partial charge in [0, 0.05) is 36.0 Å². The Morgan fingerprint density at radius 3 is 1.64 bits per heavy atom. The molecular formula is C81H110O10S2Si2. The fraction of sp³-hybridized carbons (Fsp3) is 0.506. The van der Waals surface area contributed by atoms with E-state index in [0.29, 0.717) is 39.3 Å². The van der Waals surface area contributed by atoms with Gasteiger partial charge in [0.15, 0.2) is 8.32 Å². The number of fused-ring (bicyclic) bond motifs is 1. The van der Waals surface area contributed by atoms with Crippen LogP contribution in [0.3, 0.4) is 0 Å². The summed E-state index contributed by atoms with van der Waals surface area (Å²) >= 11 is 1.44. The van der Waals surface area contributed by atoms with E-state index in [2.05, 4.69) is 222 Å². The van der Waals surface area contributed by atoms with Gasteiger partial charge in [-0.3, -0.25) is 4.21 Å². The summed E-state index contributed by atoms with van der Waals surface area (Å²) in [6, 6.07) is 67.3. The van der Waals surface area contributed by atoms with Crippen molar-refractivity contribution in [2.24, 2.45) is 23.7 Å². The van der Waals surface area contributed by atoms with E-state index in [0.717, 1.165) is 45.9 Å². The highest BCUT2D eigenvalue weighted by atomic mass is 32.2. The second-order valence-electron chi connectivity index (χ2n) is 29.7. The van der Waals surface area contributed by atoms with Gasteiger partial charge in [0.1, 0.15) is 16.3 Å². The van der Waals surface area contributed by atoms with E-state index in [1.165, 1.54) is 22.1 Å². The summed E-state index contributed by atoms with van der Waals surface area (Å²) in [5.41, 5.74) is 4.16. The average Bonchev–Trinajstić information content (AvgIpc) is 0.875. The van der Waals surface area contributed by atoms with E-state index in [9.17, 15) is 5.11 Å². The van der Waals surface area contributed by atoms with Crippen molar-refractivity contribution in [3.05, 3.63) is 216 Å². The average molecular weight is 1360 g/mol. The molecule has 0 amide bonds. The largest absolute Gasteiger partial charge is 0.411 e. The molecule has 9 rings (SSSR count). The van der Waals surface area contributed by atoms with Crippen LogP contribution in [0.25, 0.3) is 10.8 Å². The zero-order chi connectivity index (χ0) is 68.0. The molecular weight excluding hydrogens is 1250 g/mol. The number of aliphatic hydroxyl groups excluding tert-OH is 1. The zero-order valence-electron chi connectivity index (χ0n) is 59.2. The summed E-state index contributed by atoms with van der Waals surface area (Å²) in [6.45, 7) is 29.6. The van der Waals surface area contributed by atoms with E-state index >= 15 is 4.21 Å². The van der Waals surface area contributed by atoms with Crippen LogP contribution in [0.5, 0.6) is 0 Å². The second-order valence-corrected chi connectivity index (χ2v) is 41.8. The van der Waals surface area contributed by atoms with Gasteiger partial charge in [-0.1, -0.05) is 257 Å². The van der Waals surface area contributed by atoms with E-state index in [-0.39, 0.29) is 59.7 Å². The van der Waals surface area contributed by atoms with Crippen molar-refractivity contribution in [3.8, 4) is 0 Å². The van der Waals surface area contributed by atoms with E-state index in [1.54, 1.807) is 6.26 Å². The highest BCUT2D eigenvalue weighted by molar-refractivity contribution is 8.12. The summed E-state index contributed by atoms with van der Waals surface area (Å²) in [7, 11) is -6.98. The molecule has 2 aliphatic rings. The van der Waals surface area contributed by atoms with Crippen LogP contribution in [-0.4, -0.2) is 111 Å². The van der Waals surface area contributed by atoms with Crippen LogP contribution in [0.4, 0.5) is 0 Å². The van der Waals surface area contributed by atoms with Gasteiger partial charge < -0.3 is 42.4 Å². The molecule has 0 spiro atoms. The van der Waals surface area contributed by atoms with Crippen LogP contribution in [0.15, 0.2) is 194 Å². The molecule has 0 saturated carbocycles. The molecule has 2 saturated heterocycles. The maximum absolute atomic E-state index is 15.5. The standard InChI is InChI=1S/C81H110O10S2Si2/c1-58-49-71(86-56-65-46-47-66-39-30-31-40-67(66)51-65)73(89-74(57-84-53-62-33-20-15-21-34-62)72(50-58)85-54-63-35-22-16-23-36-63)52-81(92-11,93(12)83)78(82)61(4)75(87-55-64-37-24-17-25-38-64)77-76(91-94(13,14)79(5,6)7)60(3)59(2)70(90-77)45-32-48-88-95(80(8,9)10,68-41-26-18-27-42-68)69-43-28-19-29-44-69/h15-31,33-44,46-47,51,58-61,70-78,82H,32,45,48-50,52-57H2,1-14H3/t58-,59+,60+,61+,70-,71+,72-,73-,74+,75+,76-,77+,78?,81?,93?/m1/s1. The van der Waals surface area contributed by atoms with E-state index in [4.69, 9.17) is 37.3 Å². The molecule has 7 aromatic carbocycles. The smallest absolute Gasteiger partial charge is 0.261 e. The van der Waals surface area contributed by atoms with Crippen molar-refractivity contribution in [2.45, 2.75) is 210 Å². The first-order valence-corrected chi connectivity index (χ1v) is 42.4. The number of hydrogen-bond donors (Lipinski definition) is 1. The van der Waals surface area contributed by atoms with Crippen LogP contribution in [0.1, 0.15) is 124 Å². The molecule has 7 aromatic rings. The molecule has 514 valence electrons. The minimum Gasteiger partial charge on any atom is -0.411 e. The number of aliphatic hydroxyl groups is 1. The molecule has 0 radical (unpaired) electrons. The van der Waals surface area contributed by atoms with Gasteiger partial charge in [0.05, 0.1) is 75.8 Å². The normalized spacial score (nSPS) is 24.4. The van der Waals surface area contributed by atoms with Crippen molar-refractivity contribution in [3.63, 3.8) is 0 Å². The monoisotopic (exact) mass is 1360 g/mol. The van der Waals surface area contributed by atoms with E-state index < -0.39 is 80.2 Å². The maximum atomic E-state index is 15.5. The molecule has 0 bridgehead atoms. The first-order valence-electron chi connectivity index (χ1n) is 34.8. The SMILES string of the molecule is CSC(C[C@H]1O[C@@H](COCc2ccccc2)[C@H](OCc2ccccc2)C[C@H](C)C[C@@H]1OCc1ccc2ccccc2c1)(C(O)[C@@H](C)[C@H](OCc1ccccc1)[C@@H]1O[C@H](CCCO[Si](c2ccccc2)(c2ccccc2)C(C)(C)C)[C@@H](C)[C@H](C)[C@H]1O[Si](C)(C)C(C)(C)C)S(C)=O. The van der Waals surface area contributed by atoms with Gasteiger partial charge in [-0.25, -0.2) is 0 Å². The summed E-state index contributed by atoms with van der Waals surface area (Å²) in [5, 5.41) is 18.5. The van der Waals surface area contributed by atoms with Crippen LogP contribution in [0, 0.1) is 23.7 Å². The van der Waals surface area contributed by atoms with Crippen molar-refractivity contribution in [1.82, 2.24) is 0 Å². The van der Waals surface area contributed by atoms with Gasteiger partial charge in [-0.2, -0.15) is 0 Å². The molecule has 95 heavy (non-hydrogen) atoms. The predicted octanol–water partition coefficient (Wildman–Crippen LogP) is 16.9. The van der Waals surface area contributed by atoms with Crippen molar-refractivity contribution in [1.29, 1.82) is 0 Å². The Balaban J connectivity index is 1.08. The molecule has 0 aliphatic carbocycles. The third-order valence-corrected chi connectivity index (χ3v) is 34.2. The number of rotatable bonds is 30. The Kier molecular flexibility index (Phi) is 26.7. The van der Waals surface area contributed by atoms with Crippen LogP contribution < -0.4 is 10.4 Å². The van der Waals surface area contributed by atoms with Crippen molar-refractivity contribution < 1.29 is 46.6 Å². The number of ether oxygens (including phenoxy) is 6. The second kappa shape index (κ2) is 34.0. The van der Waals surface area contributed by atoms with Crippen molar-refractivity contribution >= 4 is 60.3 Å². The lowest BCUT2D eigenvalue weighted by atomic mass is 9.76. The summed E-state index contributed by atoms with van der Waals surface area (Å²) in [4.78, 5) is 0. The molecule has 2 heterocycles. The Morgan fingerprint density at radius 2 is 1.11 bits per heavy atom. The van der Waals surface area contributed by atoms with Gasteiger partial charge in [-0.05, 0) is 122 Å². The number of thioether (sulfide) groups is 1. The van der Waals surface area contributed by atoms with Crippen molar-refractivity contribution in [2.75, 3.05) is 25.7 Å². The van der Waals surface area contributed by atoms with Crippen LogP contribution in [-0.2, 0) is 74.5 Å². The topological polar surface area (TPSA) is 111 Å². The Hall–Kier alpha value is -4.63. The quantitative estimate of drug-likeness (QED) is 0.0343. The van der Waals surface area contributed by atoms with Gasteiger partial charge in [0.2, 0.25) is 0 Å². The first kappa shape index (κ1) is 74.6. The molecule has 14 heteroatoms. The maximum Gasteiger partial charge on any atom is 0.261 e. The van der Waals surface area contributed by atoms with Crippen LogP contribution in [0.2, 0.25) is 23.2 Å². The Morgan fingerprint density at radius 1 is 0.600 bits per heavy atom. The highest BCUT2D eigenvalue weighted by Crippen LogP contribution is 2.48.